The Hall–Kier alpha value is -0.910. The summed E-state index contributed by atoms with van der Waals surface area (Å²) in [6.07, 6.45) is 0.540. The Kier molecular flexibility index (Phi) is 5.52. The Morgan fingerprint density at radius 2 is 1.68 bits per heavy atom. The van der Waals surface area contributed by atoms with Gasteiger partial charge in [-0.15, -0.1) is 0 Å². The SMILES string of the molecule is CC(C)C(C)N(C)S(=O)(=O)c1ccc(CCO)cc1. The van der Waals surface area contributed by atoms with Gasteiger partial charge in [0.25, 0.3) is 0 Å². The Morgan fingerprint density at radius 3 is 2.11 bits per heavy atom. The van der Waals surface area contributed by atoms with E-state index in [1.807, 2.05) is 20.8 Å². The molecule has 1 rings (SSSR count). The lowest BCUT2D eigenvalue weighted by atomic mass is 10.1. The predicted octanol–water partition coefficient (Wildman–Crippen LogP) is 1.89. The molecule has 0 aromatic heterocycles. The van der Waals surface area contributed by atoms with E-state index in [4.69, 9.17) is 5.11 Å². The second-order valence-corrected chi connectivity index (χ2v) is 7.12. The monoisotopic (exact) mass is 285 g/mol. The molecule has 0 heterocycles. The molecule has 108 valence electrons. The summed E-state index contributed by atoms with van der Waals surface area (Å²) in [5.74, 6) is 0.258. The van der Waals surface area contributed by atoms with Crippen molar-refractivity contribution in [2.75, 3.05) is 13.7 Å². The number of hydrogen-bond acceptors (Lipinski definition) is 3. The molecule has 1 aromatic rings. The average molecular weight is 285 g/mol. The molecule has 0 saturated carbocycles. The summed E-state index contributed by atoms with van der Waals surface area (Å²) in [4.78, 5) is 0.296. The molecule has 1 atom stereocenters. The van der Waals surface area contributed by atoms with Crippen molar-refractivity contribution in [2.45, 2.75) is 38.1 Å². The average Bonchev–Trinajstić information content (AvgIpc) is 2.37. The second-order valence-electron chi connectivity index (χ2n) is 5.12. The molecule has 0 spiro atoms. The van der Waals surface area contributed by atoms with Crippen LogP contribution < -0.4 is 0 Å². The fourth-order valence-corrected chi connectivity index (χ4v) is 3.26. The third-order valence-electron chi connectivity index (χ3n) is 3.54. The summed E-state index contributed by atoms with van der Waals surface area (Å²) in [5, 5.41) is 8.84. The number of hydrogen-bond donors (Lipinski definition) is 1. The van der Waals surface area contributed by atoms with Gasteiger partial charge in [-0.3, -0.25) is 0 Å². The van der Waals surface area contributed by atoms with Gasteiger partial charge in [-0.25, -0.2) is 8.42 Å². The minimum Gasteiger partial charge on any atom is -0.396 e. The van der Waals surface area contributed by atoms with Crippen LogP contribution in [0.25, 0.3) is 0 Å². The molecule has 0 fully saturated rings. The third kappa shape index (κ3) is 3.78. The number of aliphatic hydroxyl groups is 1. The molecule has 1 unspecified atom stereocenters. The van der Waals surface area contributed by atoms with Crippen molar-refractivity contribution < 1.29 is 13.5 Å². The first kappa shape index (κ1) is 16.1. The van der Waals surface area contributed by atoms with Crippen molar-refractivity contribution in [1.29, 1.82) is 0 Å². The molecule has 0 bridgehead atoms. The molecular weight excluding hydrogens is 262 g/mol. The standard InChI is InChI=1S/C14H23NO3S/c1-11(2)12(3)15(4)19(17,18)14-7-5-13(6-8-14)9-10-16/h5-8,11-12,16H,9-10H2,1-4H3. The number of sulfonamides is 1. The predicted molar refractivity (Wildman–Crippen MR) is 76.5 cm³/mol. The molecule has 0 saturated heterocycles. The zero-order valence-corrected chi connectivity index (χ0v) is 12.8. The maximum atomic E-state index is 12.4. The molecule has 0 radical (unpaired) electrons. The van der Waals surface area contributed by atoms with E-state index in [9.17, 15) is 8.42 Å². The minimum atomic E-state index is -3.44. The number of rotatable bonds is 6. The van der Waals surface area contributed by atoms with Crippen LogP contribution in [0.4, 0.5) is 0 Å². The Balaban J connectivity index is 3.00. The quantitative estimate of drug-likeness (QED) is 0.868. The molecule has 1 N–H and O–H groups in total. The number of aliphatic hydroxyl groups excluding tert-OH is 1. The van der Waals surface area contributed by atoms with E-state index < -0.39 is 10.0 Å². The van der Waals surface area contributed by atoms with Gasteiger partial charge in [0.2, 0.25) is 10.0 Å². The van der Waals surface area contributed by atoms with Crippen LogP contribution in [0.3, 0.4) is 0 Å². The first-order valence-electron chi connectivity index (χ1n) is 6.48. The van der Waals surface area contributed by atoms with E-state index in [0.29, 0.717) is 11.3 Å². The van der Waals surface area contributed by atoms with E-state index >= 15 is 0 Å². The zero-order valence-electron chi connectivity index (χ0n) is 12.0. The third-order valence-corrected chi connectivity index (χ3v) is 5.50. The molecule has 5 heteroatoms. The van der Waals surface area contributed by atoms with Gasteiger partial charge in [0, 0.05) is 19.7 Å². The van der Waals surface area contributed by atoms with Crippen molar-refractivity contribution in [3.8, 4) is 0 Å². The van der Waals surface area contributed by atoms with Crippen molar-refractivity contribution in [3.05, 3.63) is 29.8 Å². The molecule has 19 heavy (non-hydrogen) atoms. The van der Waals surface area contributed by atoms with Crippen LogP contribution in [-0.2, 0) is 16.4 Å². The highest BCUT2D eigenvalue weighted by atomic mass is 32.2. The topological polar surface area (TPSA) is 57.6 Å². The van der Waals surface area contributed by atoms with Crippen molar-refractivity contribution in [2.24, 2.45) is 5.92 Å². The molecular formula is C14H23NO3S. The van der Waals surface area contributed by atoms with E-state index in [-0.39, 0.29) is 18.6 Å². The molecule has 0 aliphatic heterocycles. The lowest BCUT2D eigenvalue weighted by Crippen LogP contribution is -2.38. The van der Waals surface area contributed by atoms with Crippen molar-refractivity contribution in [3.63, 3.8) is 0 Å². The van der Waals surface area contributed by atoms with Gasteiger partial charge >= 0.3 is 0 Å². The van der Waals surface area contributed by atoms with Crippen LogP contribution in [0, 0.1) is 5.92 Å². The van der Waals surface area contributed by atoms with Gasteiger partial charge in [-0.2, -0.15) is 4.31 Å². The Morgan fingerprint density at radius 1 is 1.16 bits per heavy atom. The van der Waals surface area contributed by atoms with Gasteiger partial charge in [0.15, 0.2) is 0 Å². The fraction of sp³-hybridized carbons (Fsp3) is 0.571. The number of nitrogens with zero attached hydrogens (tertiary/aromatic N) is 1. The molecule has 1 aromatic carbocycles. The van der Waals surface area contributed by atoms with Gasteiger partial charge in [-0.1, -0.05) is 26.0 Å². The summed E-state index contributed by atoms with van der Waals surface area (Å²) in [6.45, 7) is 5.97. The highest BCUT2D eigenvalue weighted by Crippen LogP contribution is 2.20. The fourth-order valence-electron chi connectivity index (χ4n) is 1.76. The summed E-state index contributed by atoms with van der Waals surface area (Å²) >= 11 is 0. The van der Waals surface area contributed by atoms with Gasteiger partial charge in [0.05, 0.1) is 4.90 Å². The second kappa shape index (κ2) is 6.50. The van der Waals surface area contributed by atoms with Crippen LogP contribution >= 0.6 is 0 Å². The maximum absolute atomic E-state index is 12.4. The molecule has 0 aliphatic rings. The Labute approximate surface area is 116 Å². The van der Waals surface area contributed by atoms with E-state index in [1.165, 1.54) is 4.31 Å². The summed E-state index contributed by atoms with van der Waals surface area (Å²) in [6, 6.07) is 6.64. The van der Waals surface area contributed by atoms with Gasteiger partial charge in [0.1, 0.15) is 0 Å². The largest absolute Gasteiger partial charge is 0.396 e. The molecule has 4 nitrogen and oxygen atoms in total. The zero-order chi connectivity index (χ0) is 14.6. The first-order chi connectivity index (χ1) is 8.80. The molecule has 0 amide bonds. The Bertz CT molecular complexity index is 494. The van der Waals surface area contributed by atoms with Crippen LogP contribution in [-0.4, -0.2) is 37.5 Å². The highest BCUT2D eigenvalue weighted by molar-refractivity contribution is 7.89. The first-order valence-corrected chi connectivity index (χ1v) is 7.92. The summed E-state index contributed by atoms with van der Waals surface area (Å²) in [5.41, 5.74) is 0.931. The van der Waals surface area contributed by atoms with Crippen molar-refractivity contribution in [1.82, 2.24) is 4.31 Å². The lowest BCUT2D eigenvalue weighted by Gasteiger charge is -2.27. The molecule has 0 aliphatic carbocycles. The smallest absolute Gasteiger partial charge is 0.243 e. The normalized spacial score (nSPS) is 14.1. The van der Waals surface area contributed by atoms with Crippen LogP contribution in [0.15, 0.2) is 29.2 Å². The van der Waals surface area contributed by atoms with E-state index in [1.54, 1.807) is 31.3 Å². The maximum Gasteiger partial charge on any atom is 0.243 e. The summed E-state index contributed by atoms with van der Waals surface area (Å²) < 4.78 is 26.3. The van der Waals surface area contributed by atoms with Crippen LogP contribution in [0.2, 0.25) is 0 Å². The highest BCUT2D eigenvalue weighted by Gasteiger charge is 2.26. The minimum absolute atomic E-state index is 0.0536. The van der Waals surface area contributed by atoms with Gasteiger partial charge in [-0.05, 0) is 37.0 Å². The lowest BCUT2D eigenvalue weighted by molar-refractivity contribution is 0.299. The van der Waals surface area contributed by atoms with Crippen molar-refractivity contribution >= 4 is 10.0 Å². The number of benzene rings is 1. The van der Waals surface area contributed by atoms with E-state index in [2.05, 4.69) is 0 Å². The van der Waals surface area contributed by atoms with Gasteiger partial charge < -0.3 is 5.11 Å². The van der Waals surface area contributed by atoms with E-state index in [0.717, 1.165) is 5.56 Å². The van der Waals surface area contributed by atoms with Crippen LogP contribution in [0.1, 0.15) is 26.3 Å². The van der Waals surface area contributed by atoms with Crippen LogP contribution in [0.5, 0.6) is 0 Å². The summed E-state index contributed by atoms with van der Waals surface area (Å²) in [7, 11) is -1.83.